The van der Waals surface area contributed by atoms with Gasteiger partial charge in [-0.2, -0.15) is 0 Å². The van der Waals surface area contributed by atoms with E-state index in [9.17, 15) is 4.79 Å². The van der Waals surface area contributed by atoms with Crippen LogP contribution < -0.4 is 15.2 Å². The molecular weight excluding hydrogens is 272 g/mol. The first-order valence-corrected chi connectivity index (χ1v) is 6.89. The van der Waals surface area contributed by atoms with Crippen molar-refractivity contribution in [3.63, 3.8) is 0 Å². The Hall–Kier alpha value is -1.95. The minimum absolute atomic E-state index is 0.000598. The molecule has 0 fully saturated rings. The van der Waals surface area contributed by atoms with E-state index in [0.29, 0.717) is 30.0 Å². The van der Waals surface area contributed by atoms with Crippen LogP contribution in [0, 0.1) is 0 Å². The van der Waals surface area contributed by atoms with Crippen LogP contribution in [0.4, 0.5) is 5.69 Å². The number of nitrogens with two attached hydrogens (primary N) is 1. The molecule has 0 heterocycles. The number of anilines is 1. The Morgan fingerprint density at radius 2 is 2.00 bits per heavy atom. The van der Waals surface area contributed by atoms with Gasteiger partial charge in [-0.3, -0.25) is 4.79 Å². The van der Waals surface area contributed by atoms with Gasteiger partial charge in [0.15, 0.2) is 0 Å². The van der Waals surface area contributed by atoms with Crippen molar-refractivity contribution in [2.75, 3.05) is 33.1 Å². The summed E-state index contributed by atoms with van der Waals surface area (Å²) in [5, 5.41) is 8.97. The molecular formula is C15H24N2O4. The van der Waals surface area contributed by atoms with Crippen molar-refractivity contribution >= 4 is 11.6 Å². The highest BCUT2D eigenvalue weighted by molar-refractivity contribution is 6.01. The predicted octanol–water partition coefficient (Wildman–Crippen LogP) is 1.52. The molecule has 1 amide bonds. The number of aliphatic hydroxyl groups excluding tert-OH is 1. The first-order valence-electron chi connectivity index (χ1n) is 6.89. The van der Waals surface area contributed by atoms with E-state index in [2.05, 4.69) is 0 Å². The Kier molecular flexibility index (Phi) is 6.30. The highest BCUT2D eigenvalue weighted by Crippen LogP contribution is 2.32. The van der Waals surface area contributed by atoms with Crippen LogP contribution in [0.1, 0.15) is 30.6 Å². The lowest BCUT2D eigenvalue weighted by molar-refractivity contribution is 0.0693. The number of carbonyl (C=O) groups excluding carboxylic acids is 1. The normalized spacial score (nSPS) is 10.6. The summed E-state index contributed by atoms with van der Waals surface area (Å²) in [6, 6.07) is 3.24. The first kappa shape index (κ1) is 17.1. The van der Waals surface area contributed by atoms with E-state index in [1.54, 1.807) is 17.0 Å². The summed E-state index contributed by atoms with van der Waals surface area (Å²) in [5.41, 5.74) is 6.64. The Morgan fingerprint density at radius 3 is 2.48 bits per heavy atom. The summed E-state index contributed by atoms with van der Waals surface area (Å²) in [6.45, 7) is 4.34. The molecule has 0 saturated heterocycles. The minimum Gasteiger partial charge on any atom is -0.497 e. The quantitative estimate of drug-likeness (QED) is 0.745. The Bertz CT molecular complexity index is 489. The number of nitrogens with zero attached hydrogens (tertiary/aromatic N) is 1. The van der Waals surface area contributed by atoms with Crippen LogP contribution in [-0.4, -0.2) is 49.3 Å². The summed E-state index contributed by atoms with van der Waals surface area (Å²) in [6.07, 6.45) is 0.519. The van der Waals surface area contributed by atoms with Gasteiger partial charge in [-0.05, 0) is 26.3 Å². The predicted molar refractivity (Wildman–Crippen MR) is 81.8 cm³/mol. The number of benzene rings is 1. The minimum atomic E-state index is -0.201. The lowest BCUT2D eigenvalue weighted by Gasteiger charge is -2.27. The van der Waals surface area contributed by atoms with Crippen LogP contribution in [-0.2, 0) is 0 Å². The number of nitrogen functional groups attached to an aromatic ring is 1. The summed E-state index contributed by atoms with van der Waals surface area (Å²) < 4.78 is 10.4. The Labute approximate surface area is 125 Å². The average Bonchev–Trinajstić information content (AvgIpc) is 2.47. The zero-order chi connectivity index (χ0) is 16.0. The van der Waals surface area contributed by atoms with E-state index in [1.165, 1.54) is 14.2 Å². The molecule has 0 aliphatic rings. The van der Waals surface area contributed by atoms with E-state index in [1.807, 2.05) is 13.8 Å². The fourth-order valence-electron chi connectivity index (χ4n) is 2.06. The summed E-state index contributed by atoms with van der Waals surface area (Å²) >= 11 is 0. The molecule has 1 aromatic rings. The molecule has 0 spiro atoms. The number of rotatable bonds is 7. The number of aliphatic hydroxyl groups is 1. The summed E-state index contributed by atoms with van der Waals surface area (Å²) in [5.74, 6) is 0.715. The zero-order valence-electron chi connectivity index (χ0n) is 13.0. The smallest absolute Gasteiger partial charge is 0.256 e. The molecule has 1 aromatic carbocycles. The van der Waals surface area contributed by atoms with E-state index in [-0.39, 0.29) is 24.2 Å². The third kappa shape index (κ3) is 4.01. The monoisotopic (exact) mass is 296 g/mol. The van der Waals surface area contributed by atoms with Crippen molar-refractivity contribution in [1.82, 2.24) is 4.90 Å². The fraction of sp³-hybridized carbons (Fsp3) is 0.533. The number of hydrogen-bond acceptors (Lipinski definition) is 5. The number of ether oxygens (including phenoxy) is 2. The van der Waals surface area contributed by atoms with E-state index in [4.69, 9.17) is 20.3 Å². The van der Waals surface area contributed by atoms with Crippen molar-refractivity contribution in [2.24, 2.45) is 0 Å². The second-order valence-corrected chi connectivity index (χ2v) is 4.96. The third-order valence-electron chi connectivity index (χ3n) is 3.24. The molecule has 0 saturated carbocycles. The van der Waals surface area contributed by atoms with Gasteiger partial charge in [-0.1, -0.05) is 0 Å². The van der Waals surface area contributed by atoms with E-state index in [0.717, 1.165) is 0 Å². The molecule has 0 aliphatic carbocycles. The number of hydrogen-bond donors (Lipinski definition) is 2. The maximum absolute atomic E-state index is 12.7. The Balaban J connectivity index is 3.20. The molecule has 118 valence electrons. The molecule has 3 N–H and O–H groups in total. The third-order valence-corrected chi connectivity index (χ3v) is 3.24. The molecule has 0 bridgehead atoms. The summed E-state index contributed by atoms with van der Waals surface area (Å²) in [7, 11) is 3.01. The van der Waals surface area contributed by atoms with Gasteiger partial charge >= 0.3 is 0 Å². The van der Waals surface area contributed by atoms with Crippen molar-refractivity contribution in [3.05, 3.63) is 17.7 Å². The van der Waals surface area contributed by atoms with E-state index < -0.39 is 0 Å². The van der Waals surface area contributed by atoms with E-state index >= 15 is 0 Å². The molecule has 0 aliphatic heterocycles. The van der Waals surface area contributed by atoms with Crippen LogP contribution in [0.2, 0.25) is 0 Å². The molecule has 6 heteroatoms. The number of carbonyl (C=O) groups is 1. The van der Waals surface area contributed by atoms with Gasteiger partial charge in [0, 0.05) is 25.3 Å². The molecule has 0 atom stereocenters. The van der Waals surface area contributed by atoms with Gasteiger partial charge in [0.1, 0.15) is 11.5 Å². The lowest BCUT2D eigenvalue weighted by atomic mass is 10.1. The lowest BCUT2D eigenvalue weighted by Crippen LogP contribution is -2.38. The second-order valence-electron chi connectivity index (χ2n) is 4.96. The Morgan fingerprint density at radius 1 is 1.33 bits per heavy atom. The maximum Gasteiger partial charge on any atom is 0.256 e. The maximum atomic E-state index is 12.7. The van der Waals surface area contributed by atoms with Crippen LogP contribution in [0.5, 0.6) is 11.5 Å². The SMILES string of the molecule is COc1cc(OC)c(N)c(C(=O)N(CCCO)C(C)C)c1. The van der Waals surface area contributed by atoms with Crippen molar-refractivity contribution < 1.29 is 19.4 Å². The number of methoxy groups -OCH3 is 2. The summed E-state index contributed by atoms with van der Waals surface area (Å²) in [4.78, 5) is 14.4. The zero-order valence-corrected chi connectivity index (χ0v) is 13.0. The molecule has 1 rings (SSSR count). The van der Waals surface area contributed by atoms with Crippen LogP contribution in [0.25, 0.3) is 0 Å². The molecule has 0 aromatic heterocycles. The van der Waals surface area contributed by atoms with Crippen molar-refractivity contribution in [2.45, 2.75) is 26.3 Å². The van der Waals surface area contributed by atoms with Crippen molar-refractivity contribution in [1.29, 1.82) is 0 Å². The molecule has 0 radical (unpaired) electrons. The van der Waals surface area contributed by atoms with Crippen LogP contribution >= 0.6 is 0 Å². The van der Waals surface area contributed by atoms with Crippen LogP contribution in [0.3, 0.4) is 0 Å². The standard InChI is InChI=1S/C15H24N2O4/c1-10(2)17(6-5-7-18)15(19)12-8-11(20-3)9-13(21-4)14(12)16/h8-10,18H,5-7,16H2,1-4H3. The highest BCUT2D eigenvalue weighted by Gasteiger charge is 2.23. The van der Waals surface area contributed by atoms with Gasteiger partial charge < -0.3 is 25.2 Å². The second kappa shape index (κ2) is 7.73. The first-order chi connectivity index (χ1) is 9.96. The van der Waals surface area contributed by atoms with Gasteiger partial charge in [-0.15, -0.1) is 0 Å². The van der Waals surface area contributed by atoms with Gasteiger partial charge in [0.25, 0.3) is 5.91 Å². The van der Waals surface area contributed by atoms with Gasteiger partial charge in [0.2, 0.25) is 0 Å². The molecule has 0 unspecified atom stereocenters. The van der Waals surface area contributed by atoms with Gasteiger partial charge in [0.05, 0.1) is 25.5 Å². The van der Waals surface area contributed by atoms with Crippen molar-refractivity contribution in [3.8, 4) is 11.5 Å². The van der Waals surface area contributed by atoms with Crippen LogP contribution in [0.15, 0.2) is 12.1 Å². The largest absolute Gasteiger partial charge is 0.497 e. The molecule has 21 heavy (non-hydrogen) atoms. The topological polar surface area (TPSA) is 85.0 Å². The van der Waals surface area contributed by atoms with Gasteiger partial charge in [-0.25, -0.2) is 0 Å². The number of amides is 1. The fourth-order valence-corrected chi connectivity index (χ4v) is 2.06. The molecule has 6 nitrogen and oxygen atoms in total. The average molecular weight is 296 g/mol. The highest BCUT2D eigenvalue weighted by atomic mass is 16.5.